The average molecular weight is 400 g/mol. The van der Waals surface area contributed by atoms with Crippen LogP contribution in [0.3, 0.4) is 0 Å². The molecule has 0 aliphatic heterocycles. The number of rotatable bonds is 3. The molecule has 0 spiro atoms. The van der Waals surface area contributed by atoms with Crippen LogP contribution in [0.2, 0.25) is 5.15 Å². The second-order valence-corrected chi connectivity index (χ2v) is 5.96. The van der Waals surface area contributed by atoms with Gasteiger partial charge in [0.05, 0.1) is 28.9 Å². The van der Waals surface area contributed by atoms with E-state index in [4.69, 9.17) is 16.3 Å². The van der Waals surface area contributed by atoms with E-state index in [2.05, 4.69) is 32.7 Å². The molecule has 0 saturated heterocycles. The standard InChI is InChI=1S/C14H11ClIN3O/c1-20-12-3-2-9-4-10(14(15)18-13(9)5-12)7-19-8-11(16)6-17-19/h2-6,8H,7H2,1H3. The summed E-state index contributed by atoms with van der Waals surface area (Å²) in [6.45, 7) is 0.608. The number of ether oxygens (including phenoxy) is 1. The van der Waals surface area contributed by atoms with Gasteiger partial charge in [0.25, 0.3) is 0 Å². The van der Waals surface area contributed by atoms with Crippen molar-refractivity contribution in [1.29, 1.82) is 0 Å². The number of nitrogens with zero attached hydrogens (tertiary/aromatic N) is 3. The highest BCUT2D eigenvalue weighted by atomic mass is 127. The lowest BCUT2D eigenvalue weighted by Crippen LogP contribution is -2.01. The number of hydrogen-bond acceptors (Lipinski definition) is 3. The van der Waals surface area contributed by atoms with Crippen LogP contribution in [0, 0.1) is 3.57 Å². The molecule has 3 aromatic rings. The lowest BCUT2D eigenvalue weighted by Gasteiger charge is -2.07. The van der Waals surface area contributed by atoms with Gasteiger partial charge in [-0.3, -0.25) is 4.68 Å². The first-order valence-electron chi connectivity index (χ1n) is 5.97. The molecular weight excluding hydrogens is 389 g/mol. The third kappa shape index (κ3) is 2.73. The molecule has 0 fully saturated rings. The van der Waals surface area contributed by atoms with Gasteiger partial charge in [0.15, 0.2) is 0 Å². The molecule has 0 radical (unpaired) electrons. The number of hydrogen-bond donors (Lipinski definition) is 0. The van der Waals surface area contributed by atoms with Gasteiger partial charge in [0, 0.05) is 23.2 Å². The highest BCUT2D eigenvalue weighted by Crippen LogP contribution is 2.24. The van der Waals surface area contributed by atoms with Gasteiger partial charge < -0.3 is 4.74 Å². The van der Waals surface area contributed by atoms with Crippen molar-refractivity contribution in [1.82, 2.24) is 14.8 Å². The lowest BCUT2D eigenvalue weighted by atomic mass is 10.1. The first-order chi connectivity index (χ1) is 9.65. The van der Waals surface area contributed by atoms with Crippen LogP contribution in [0.15, 0.2) is 36.7 Å². The zero-order chi connectivity index (χ0) is 14.1. The Kier molecular flexibility index (Phi) is 3.80. The predicted octanol–water partition coefficient (Wildman–Crippen LogP) is 3.75. The normalized spacial score (nSPS) is 10.9. The second kappa shape index (κ2) is 5.57. The molecule has 1 aromatic carbocycles. The Balaban J connectivity index is 2.01. The van der Waals surface area contributed by atoms with E-state index in [1.54, 1.807) is 7.11 Å². The van der Waals surface area contributed by atoms with E-state index >= 15 is 0 Å². The highest BCUT2D eigenvalue weighted by Gasteiger charge is 2.07. The molecule has 0 aliphatic rings. The van der Waals surface area contributed by atoms with Crippen molar-refractivity contribution in [3.05, 3.63) is 50.9 Å². The van der Waals surface area contributed by atoms with Crippen molar-refractivity contribution >= 4 is 45.1 Å². The molecule has 0 N–H and O–H groups in total. The van der Waals surface area contributed by atoms with Crippen LogP contribution >= 0.6 is 34.2 Å². The van der Waals surface area contributed by atoms with Gasteiger partial charge in [-0.15, -0.1) is 0 Å². The van der Waals surface area contributed by atoms with Crippen LogP contribution < -0.4 is 4.74 Å². The molecule has 6 heteroatoms. The summed E-state index contributed by atoms with van der Waals surface area (Å²) in [7, 11) is 1.64. The molecule has 0 bridgehead atoms. The first-order valence-corrected chi connectivity index (χ1v) is 7.42. The molecule has 0 saturated carbocycles. The van der Waals surface area contributed by atoms with Gasteiger partial charge >= 0.3 is 0 Å². The van der Waals surface area contributed by atoms with Gasteiger partial charge in [-0.05, 0) is 40.8 Å². The number of aromatic nitrogens is 3. The predicted molar refractivity (Wildman–Crippen MR) is 87.4 cm³/mol. The Labute approximate surface area is 134 Å². The van der Waals surface area contributed by atoms with Crippen LogP contribution in [0.1, 0.15) is 5.56 Å². The van der Waals surface area contributed by atoms with Crippen molar-refractivity contribution in [2.45, 2.75) is 6.54 Å². The molecular formula is C14H11ClIN3O. The van der Waals surface area contributed by atoms with Crippen molar-refractivity contribution in [2.24, 2.45) is 0 Å². The molecule has 0 unspecified atom stereocenters. The first kappa shape index (κ1) is 13.6. The average Bonchev–Trinajstić information content (AvgIpc) is 2.84. The highest BCUT2D eigenvalue weighted by molar-refractivity contribution is 14.1. The maximum Gasteiger partial charge on any atom is 0.134 e. The number of benzene rings is 1. The topological polar surface area (TPSA) is 39.9 Å². The van der Waals surface area contributed by atoms with E-state index in [9.17, 15) is 0 Å². The number of methoxy groups -OCH3 is 1. The fourth-order valence-corrected chi connectivity index (χ4v) is 2.66. The van der Waals surface area contributed by atoms with Crippen LogP contribution in [-0.4, -0.2) is 21.9 Å². The molecule has 102 valence electrons. The summed E-state index contributed by atoms with van der Waals surface area (Å²) in [5, 5.41) is 5.79. The number of fused-ring (bicyclic) bond motifs is 1. The maximum absolute atomic E-state index is 6.26. The maximum atomic E-state index is 6.26. The smallest absolute Gasteiger partial charge is 0.134 e. The minimum absolute atomic E-state index is 0.497. The van der Waals surface area contributed by atoms with E-state index in [0.29, 0.717) is 11.7 Å². The Morgan fingerprint density at radius 3 is 2.90 bits per heavy atom. The fraction of sp³-hybridized carbons (Fsp3) is 0.143. The SMILES string of the molecule is COc1ccc2cc(Cn3cc(I)cn3)c(Cl)nc2c1. The van der Waals surface area contributed by atoms with Crippen LogP contribution in [0.25, 0.3) is 10.9 Å². The third-order valence-electron chi connectivity index (χ3n) is 2.99. The van der Waals surface area contributed by atoms with E-state index in [-0.39, 0.29) is 0 Å². The summed E-state index contributed by atoms with van der Waals surface area (Å²) in [6, 6.07) is 7.81. The van der Waals surface area contributed by atoms with Gasteiger partial charge in [-0.1, -0.05) is 11.6 Å². The molecule has 2 aromatic heterocycles. The molecule has 0 amide bonds. The molecule has 20 heavy (non-hydrogen) atoms. The van der Waals surface area contributed by atoms with Gasteiger partial charge in [0.1, 0.15) is 10.9 Å². The van der Waals surface area contributed by atoms with Crippen LogP contribution in [0.5, 0.6) is 5.75 Å². The number of pyridine rings is 1. The van der Waals surface area contributed by atoms with Crippen molar-refractivity contribution in [2.75, 3.05) is 7.11 Å². The number of halogens is 2. The lowest BCUT2D eigenvalue weighted by molar-refractivity contribution is 0.415. The quantitative estimate of drug-likeness (QED) is 0.497. The zero-order valence-electron chi connectivity index (χ0n) is 10.7. The summed E-state index contributed by atoms with van der Waals surface area (Å²) < 4.78 is 8.13. The Morgan fingerprint density at radius 1 is 1.35 bits per heavy atom. The zero-order valence-corrected chi connectivity index (χ0v) is 13.6. The molecule has 0 atom stereocenters. The van der Waals surface area contributed by atoms with Gasteiger partial charge in [-0.2, -0.15) is 5.10 Å². The molecule has 0 aliphatic carbocycles. The Hall–Kier alpha value is -1.34. The summed E-state index contributed by atoms with van der Waals surface area (Å²) in [6.07, 6.45) is 3.78. The van der Waals surface area contributed by atoms with E-state index in [1.807, 2.05) is 41.3 Å². The Bertz CT molecular complexity index is 772. The van der Waals surface area contributed by atoms with E-state index in [0.717, 1.165) is 25.8 Å². The Morgan fingerprint density at radius 2 is 2.20 bits per heavy atom. The van der Waals surface area contributed by atoms with Crippen molar-refractivity contribution < 1.29 is 4.74 Å². The third-order valence-corrected chi connectivity index (χ3v) is 3.87. The molecule has 4 nitrogen and oxygen atoms in total. The second-order valence-electron chi connectivity index (χ2n) is 4.35. The fourth-order valence-electron chi connectivity index (χ4n) is 2.00. The molecule has 2 heterocycles. The van der Waals surface area contributed by atoms with Gasteiger partial charge in [0.2, 0.25) is 0 Å². The minimum atomic E-state index is 0.497. The summed E-state index contributed by atoms with van der Waals surface area (Å²) in [5.41, 5.74) is 1.77. The minimum Gasteiger partial charge on any atom is -0.497 e. The molecule has 3 rings (SSSR count). The van der Waals surface area contributed by atoms with E-state index in [1.165, 1.54) is 0 Å². The van der Waals surface area contributed by atoms with Crippen LogP contribution in [0.4, 0.5) is 0 Å². The largest absolute Gasteiger partial charge is 0.497 e. The monoisotopic (exact) mass is 399 g/mol. The van der Waals surface area contributed by atoms with Crippen LogP contribution in [-0.2, 0) is 6.54 Å². The van der Waals surface area contributed by atoms with Crippen molar-refractivity contribution in [3.8, 4) is 5.75 Å². The summed E-state index contributed by atoms with van der Waals surface area (Å²) >= 11 is 8.49. The summed E-state index contributed by atoms with van der Waals surface area (Å²) in [5.74, 6) is 0.774. The van der Waals surface area contributed by atoms with Crippen molar-refractivity contribution in [3.63, 3.8) is 0 Å². The summed E-state index contributed by atoms with van der Waals surface area (Å²) in [4.78, 5) is 4.43. The van der Waals surface area contributed by atoms with Gasteiger partial charge in [-0.25, -0.2) is 4.98 Å². The van der Waals surface area contributed by atoms with E-state index < -0.39 is 0 Å².